The fourth-order valence-electron chi connectivity index (χ4n) is 1.48. The largest absolute Gasteiger partial charge is 0.481 e. The van der Waals surface area contributed by atoms with E-state index < -0.39 is 23.6 Å². The molecule has 2 N–H and O–H groups in total. The van der Waals surface area contributed by atoms with Crippen LogP contribution >= 0.6 is 0 Å². The van der Waals surface area contributed by atoms with Gasteiger partial charge in [0, 0.05) is 12.6 Å². The van der Waals surface area contributed by atoms with Crippen molar-refractivity contribution in [1.82, 2.24) is 5.32 Å². The highest BCUT2D eigenvalue weighted by Gasteiger charge is 2.29. The van der Waals surface area contributed by atoms with E-state index in [1.807, 2.05) is 0 Å². The third-order valence-corrected chi connectivity index (χ3v) is 3.05. The van der Waals surface area contributed by atoms with Gasteiger partial charge in [0.25, 0.3) is 0 Å². The normalized spacial score (nSPS) is 15.0. The van der Waals surface area contributed by atoms with Crippen LogP contribution in [0.3, 0.4) is 0 Å². The molecule has 0 saturated carbocycles. The van der Waals surface area contributed by atoms with E-state index >= 15 is 0 Å². The summed E-state index contributed by atoms with van der Waals surface area (Å²) in [7, 11) is 0. The molecule has 1 rings (SSSR count). The van der Waals surface area contributed by atoms with Crippen molar-refractivity contribution in [2.45, 2.75) is 32.6 Å². The van der Waals surface area contributed by atoms with E-state index in [0.717, 1.165) is 12.1 Å². The number of rotatable bonds is 5. The average molecular weight is 275 g/mol. The molecule has 0 amide bonds. The maximum Gasteiger partial charge on any atom is 0.416 e. The van der Waals surface area contributed by atoms with Gasteiger partial charge in [-0.1, -0.05) is 19.1 Å². The summed E-state index contributed by atoms with van der Waals surface area (Å²) in [4.78, 5) is 10.7. The van der Waals surface area contributed by atoms with Gasteiger partial charge in [0.05, 0.1) is 11.5 Å². The van der Waals surface area contributed by atoms with E-state index in [1.165, 1.54) is 12.1 Å². The molecule has 0 aromatic heterocycles. The van der Waals surface area contributed by atoms with E-state index in [4.69, 9.17) is 5.11 Å². The summed E-state index contributed by atoms with van der Waals surface area (Å²) in [5, 5.41) is 11.8. The van der Waals surface area contributed by atoms with Crippen LogP contribution in [0.4, 0.5) is 13.2 Å². The van der Waals surface area contributed by atoms with E-state index in [2.05, 4.69) is 5.32 Å². The van der Waals surface area contributed by atoms with Crippen molar-refractivity contribution in [3.05, 3.63) is 35.4 Å². The molecule has 0 aliphatic rings. The lowest BCUT2D eigenvalue weighted by atomic mass is 10.0. The maximum atomic E-state index is 12.3. The Kier molecular flexibility index (Phi) is 4.94. The summed E-state index contributed by atoms with van der Waals surface area (Å²) in [5.41, 5.74) is -0.0133. The van der Waals surface area contributed by atoms with Gasteiger partial charge in [0.1, 0.15) is 0 Å². The lowest BCUT2D eigenvalue weighted by Gasteiger charge is -2.18. The number of carboxylic acids is 1. The molecule has 2 atom stereocenters. The Morgan fingerprint density at radius 3 is 2.21 bits per heavy atom. The van der Waals surface area contributed by atoms with Gasteiger partial charge < -0.3 is 10.4 Å². The molecule has 19 heavy (non-hydrogen) atoms. The Morgan fingerprint density at radius 2 is 1.79 bits per heavy atom. The highest BCUT2D eigenvalue weighted by Crippen LogP contribution is 2.29. The van der Waals surface area contributed by atoms with E-state index in [0.29, 0.717) is 12.1 Å². The molecular weight excluding hydrogens is 259 g/mol. The molecule has 6 heteroatoms. The standard InChI is InChI=1S/C13H16F3NO2/c1-8(12(18)19)9(2)17-7-10-3-5-11(6-4-10)13(14,15)16/h3-6,8-9,17H,7H2,1-2H3,(H,18,19). The Bertz CT molecular complexity index is 429. The van der Waals surface area contributed by atoms with E-state index in [1.54, 1.807) is 13.8 Å². The molecule has 0 saturated heterocycles. The molecule has 0 radical (unpaired) electrons. The van der Waals surface area contributed by atoms with Crippen LogP contribution in [0.1, 0.15) is 25.0 Å². The summed E-state index contributed by atoms with van der Waals surface area (Å²) < 4.78 is 37.0. The first-order valence-corrected chi connectivity index (χ1v) is 5.84. The number of carboxylic acid groups (broad SMARTS) is 1. The second-order valence-electron chi connectivity index (χ2n) is 4.49. The summed E-state index contributed by atoms with van der Waals surface area (Å²) in [6.07, 6.45) is -4.34. The van der Waals surface area contributed by atoms with Crippen LogP contribution in [-0.2, 0) is 17.5 Å². The molecular formula is C13H16F3NO2. The Hall–Kier alpha value is -1.56. The highest BCUT2D eigenvalue weighted by molar-refractivity contribution is 5.70. The topological polar surface area (TPSA) is 49.3 Å². The zero-order chi connectivity index (χ0) is 14.6. The van der Waals surface area contributed by atoms with Gasteiger partial charge in [-0.3, -0.25) is 4.79 Å². The zero-order valence-electron chi connectivity index (χ0n) is 10.7. The summed E-state index contributed by atoms with van der Waals surface area (Å²) in [6.45, 7) is 3.63. The summed E-state index contributed by atoms with van der Waals surface area (Å²) in [6, 6.07) is 4.53. The molecule has 0 heterocycles. The second kappa shape index (κ2) is 6.06. The predicted molar refractivity (Wildman–Crippen MR) is 64.5 cm³/mol. The number of halogens is 3. The first-order valence-electron chi connectivity index (χ1n) is 5.84. The van der Waals surface area contributed by atoms with Crippen molar-refractivity contribution in [2.24, 2.45) is 5.92 Å². The average Bonchev–Trinajstić information content (AvgIpc) is 2.34. The Labute approximate surface area is 109 Å². The lowest BCUT2D eigenvalue weighted by molar-refractivity contribution is -0.142. The molecule has 0 spiro atoms. The first kappa shape index (κ1) is 15.5. The van der Waals surface area contributed by atoms with E-state index in [9.17, 15) is 18.0 Å². The Balaban J connectivity index is 2.57. The fraction of sp³-hybridized carbons (Fsp3) is 0.462. The van der Waals surface area contributed by atoms with Crippen LogP contribution in [-0.4, -0.2) is 17.1 Å². The quantitative estimate of drug-likeness (QED) is 0.868. The van der Waals surface area contributed by atoms with Crippen LogP contribution in [0.25, 0.3) is 0 Å². The van der Waals surface area contributed by atoms with Crippen molar-refractivity contribution in [2.75, 3.05) is 0 Å². The van der Waals surface area contributed by atoms with Gasteiger partial charge in [-0.15, -0.1) is 0 Å². The molecule has 0 aliphatic heterocycles. The molecule has 2 unspecified atom stereocenters. The lowest BCUT2D eigenvalue weighted by Crippen LogP contribution is -2.35. The van der Waals surface area contributed by atoms with Gasteiger partial charge in [0.2, 0.25) is 0 Å². The van der Waals surface area contributed by atoms with Crippen LogP contribution in [0, 0.1) is 5.92 Å². The fourth-order valence-corrected chi connectivity index (χ4v) is 1.48. The van der Waals surface area contributed by atoms with Crippen molar-refractivity contribution >= 4 is 5.97 Å². The van der Waals surface area contributed by atoms with Crippen molar-refractivity contribution < 1.29 is 23.1 Å². The zero-order valence-corrected chi connectivity index (χ0v) is 10.7. The van der Waals surface area contributed by atoms with Crippen LogP contribution in [0.5, 0.6) is 0 Å². The van der Waals surface area contributed by atoms with Crippen molar-refractivity contribution in [1.29, 1.82) is 0 Å². The summed E-state index contributed by atoms with van der Waals surface area (Å²) in [5.74, 6) is -1.47. The summed E-state index contributed by atoms with van der Waals surface area (Å²) >= 11 is 0. The molecule has 3 nitrogen and oxygen atoms in total. The minimum Gasteiger partial charge on any atom is -0.481 e. The van der Waals surface area contributed by atoms with Gasteiger partial charge in [-0.2, -0.15) is 13.2 Å². The van der Waals surface area contributed by atoms with Gasteiger partial charge >= 0.3 is 12.1 Å². The van der Waals surface area contributed by atoms with Crippen molar-refractivity contribution in [3.63, 3.8) is 0 Å². The highest BCUT2D eigenvalue weighted by atomic mass is 19.4. The molecule has 0 bridgehead atoms. The van der Waals surface area contributed by atoms with Gasteiger partial charge in [0.15, 0.2) is 0 Å². The van der Waals surface area contributed by atoms with Crippen molar-refractivity contribution in [3.8, 4) is 0 Å². The number of aliphatic carboxylic acids is 1. The second-order valence-corrected chi connectivity index (χ2v) is 4.49. The number of carbonyl (C=O) groups is 1. The van der Waals surface area contributed by atoms with Crippen LogP contribution < -0.4 is 5.32 Å². The molecule has 0 fully saturated rings. The molecule has 1 aromatic carbocycles. The minimum atomic E-state index is -4.34. The molecule has 0 aliphatic carbocycles. The van der Waals surface area contributed by atoms with Crippen LogP contribution in [0.15, 0.2) is 24.3 Å². The SMILES string of the molecule is CC(NCc1ccc(C(F)(F)F)cc1)C(C)C(=O)O. The molecule has 1 aromatic rings. The monoisotopic (exact) mass is 275 g/mol. The van der Waals surface area contributed by atoms with E-state index in [-0.39, 0.29) is 6.04 Å². The third kappa shape index (κ3) is 4.55. The predicted octanol–water partition coefficient (Wildman–Crippen LogP) is 2.90. The number of benzene rings is 1. The molecule has 106 valence electrons. The number of nitrogens with one attached hydrogen (secondary N) is 1. The smallest absolute Gasteiger partial charge is 0.416 e. The van der Waals surface area contributed by atoms with Gasteiger partial charge in [-0.25, -0.2) is 0 Å². The third-order valence-electron chi connectivity index (χ3n) is 3.05. The van der Waals surface area contributed by atoms with Gasteiger partial charge in [-0.05, 0) is 24.6 Å². The maximum absolute atomic E-state index is 12.3. The Morgan fingerprint density at radius 1 is 1.26 bits per heavy atom. The first-order chi connectivity index (χ1) is 8.71. The number of hydrogen-bond acceptors (Lipinski definition) is 2. The number of hydrogen-bond donors (Lipinski definition) is 2. The minimum absolute atomic E-state index is 0.264. The number of alkyl halides is 3. The van der Waals surface area contributed by atoms with Crippen LogP contribution in [0.2, 0.25) is 0 Å².